The Bertz CT molecular complexity index is 816. The number of carbonyl (C=O) groups is 1. The third kappa shape index (κ3) is 4.17. The van der Waals surface area contributed by atoms with Crippen molar-refractivity contribution < 1.29 is 28.8 Å². The monoisotopic (exact) mass is 372 g/mol. The van der Waals surface area contributed by atoms with E-state index in [1.54, 1.807) is 51.7 Å². The molecule has 1 heterocycles. The number of ether oxygens (including phenoxy) is 4. The van der Waals surface area contributed by atoms with Gasteiger partial charge in [0.1, 0.15) is 11.5 Å². The van der Waals surface area contributed by atoms with E-state index in [4.69, 9.17) is 18.9 Å². The first kappa shape index (κ1) is 19.0. The lowest BCUT2D eigenvalue weighted by Crippen LogP contribution is -2.24. The van der Waals surface area contributed by atoms with Crippen molar-refractivity contribution in [2.24, 2.45) is 11.8 Å². The summed E-state index contributed by atoms with van der Waals surface area (Å²) in [5, 5.41) is 9.86. The summed E-state index contributed by atoms with van der Waals surface area (Å²) in [6.07, 6.45) is 0.620. The Labute approximate surface area is 158 Å². The Hall–Kier alpha value is -2.73. The van der Waals surface area contributed by atoms with Gasteiger partial charge < -0.3 is 24.1 Å². The summed E-state index contributed by atoms with van der Waals surface area (Å²) < 4.78 is 21.3. The molecule has 1 fully saturated rings. The number of hydrogen-bond donors (Lipinski definition) is 1. The SMILES string of the molecule is COc1cc(O)cc(C[C@H]2COC[C@H]2C(=O)c2ccc(OC)c(OC)c2)c1. The zero-order valence-corrected chi connectivity index (χ0v) is 15.7. The number of Topliss-reactive ketones (excluding diaryl/α,β-unsaturated/α-hetero) is 1. The number of phenols is 1. The van der Waals surface area contributed by atoms with Crippen molar-refractivity contribution in [3.8, 4) is 23.0 Å². The molecule has 2 atom stereocenters. The summed E-state index contributed by atoms with van der Waals surface area (Å²) in [5.74, 6) is 1.63. The maximum atomic E-state index is 13.1. The van der Waals surface area contributed by atoms with E-state index in [1.807, 2.05) is 6.07 Å². The first-order chi connectivity index (χ1) is 13.0. The van der Waals surface area contributed by atoms with Gasteiger partial charge in [0, 0.05) is 11.6 Å². The van der Waals surface area contributed by atoms with Crippen molar-refractivity contribution in [1.29, 1.82) is 0 Å². The number of ketones is 1. The molecule has 2 aromatic carbocycles. The number of carbonyl (C=O) groups excluding carboxylic acids is 1. The molecule has 0 aromatic heterocycles. The van der Waals surface area contributed by atoms with Crippen molar-refractivity contribution in [3.63, 3.8) is 0 Å². The van der Waals surface area contributed by atoms with Crippen LogP contribution in [0.2, 0.25) is 0 Å². The molecule has 3 rings (SSSR count). The smallest absolute Gasteiger partial charge is 0.168 e. The molecule has 6 nitrogen and oxygen atoms in total. The van der Waals surface area contributed by atoms with E-state index in [9.17, 15) is 9.90 Å². The van der Waals surface area contributed by atoms with Crippen LogP contribution in [-0.4, -0.2) is 45.4 Å². The molecule has 0 aliphatic carbocycles. The summed E-state index contributed by atoms with van der Waals surface area (Å²) in [6, 6.07) is 10.3. The summed E-state index contributed by atoms with van der Waals surface area (Å²) in [6.45, 7) is 0.884. The highest BCUT2D eigenvalue weighted by atomic mass is 16.5. The van der Waals surface area contributed by atoms with Gasteiger partial charge in [-0.1, -0.05) is 0 Å². The van der Waals surface area contributed by atoms with E-state index >= 15 is 0 Å². The van der Waals surface area contributed by atoms with Gasteiger partial charge in [-0.15, -0.1) is 0 Å². The molecule has 1 saturated heterocycles. The second-order valence-corrected chi connectivity index (χ2v) is 6.58. The molecular formula is C21H24O6. The molecule has 0 unspecified atom stereocenters. The lowest BCUT2D eigenvalue weighted by Gasteiger charge is -2.18. The fourth-order valence-electron chi connectivity index (χ4n) is 3.48. The van der Waals surface area contributed by atoms with Crippen LogP contribution in [0.25, 0.3) is 0 Å². The molecular weight excluding hydrogens is 348 g/mol. The molecule has 27 heavy (non-hydrogen) atoms. The number of aromatic hydroxyl groups is 1. The van der Waals surface area contributed by atoms with Crippen molar-refractivity contribution in [1.82, 2.24) is 0 Å². The molecule has 0 saturated carbocycles. The second-order valence-electron chi connectivity index (χ2n) is 6.58. The minimum atomic E-state index is -0.253. The highest BCUT2D eigenvalue weighted by molar-refractivity contribution is 5.99. The van der Waals surface area contributed by atoms with Gasteiger partial charge in [-0.05, 0) is 48.2 Å². The lowest BCUT2D eigenvalue weighted by atomic mass is 9.84. The molecule has 144 valence electrons. The molecule has 0 spiro atoms. The topological polar surface area (TPSA) is 74.2 Å². The second kappa shape index (κ2) is 8.31. The normalized spacial score (nSPS) is 18.9. The molecule has 0 radical (unpaired) electrons. The van der Waals surface area contributed by atoms with E-state index < -0.39 is 0 Å². The first-order valence-electron chi connectivity index (χ1n) is 8.76. The average molecular weight is 372 g/mol. The molecule has 1 aliphatic rings. The van der Waals surface area contributed by atoms with Gasteiger partial charge in [0.15, 0.2) is 17.3 Å². The number of hydrogen-bond acceptors (Lipinski definition) is 6. The van der Waals surface area contributed by atoms with Crippen LogP contribution in [0.4, 0.5) is 0 Å². The molecule has 1 N–H and O–H groups in total. The van der Waals surface area contributed by atoms with E-state index in [0.717, 1.165) is 5.56 Å². The van der Waals surface area contributed by atoms with Crippen LogP contribution in [0.5, 0.6) is 23.0 Å². The largest absolute Gasteiger partial charge is 0.508 e. The van der Waals surface area contributed by atoms with Crippen LogP contribution in [0, 0.1) is 11.8 Å². The Kier molecular flexibility index (Phi) is 5.86. The van der Waals surface area contributed by atoms with E-state index in [-0.39, 0.29) is 23.4 Å². The third-order valence-corrected chi connectivity index (χ3v) is 4.89. The third-order valence-electron chi connectivity index (χ3n) is 4.89. The number of methoxy groups -OCH3 is 3. The summed E-state index contributed by atoms with van der Waals surface area (Å²) >= 11 is 0. The van der Waals surface area contributed by atoms with Crippen LogP contribution in [0.15, 0.2) is 36.4 Å². The van der Waals surface area contributed by atoms with Crippen molar-refractivity contribution in [3.05, 3.63) is 47.5 Å². The predicted molar refractivity (Wildman–Crippen MR) is 100 cm³/mol. The van der Waals surface area contributed by atoms with Gasteiger partial charge in [0.05, 0.1) is 40.5 Å². The van der Waals surface area contributed by atoms with Crippen LogP contribution >= 0.6 is 0 Å². The number of phenolic OH excluding ortho intramolecular Hbond substituents is 1. The summed E-state index contributed by atoms with van der Waals surface area (Å²) in [7, 11) is 4.66. The fraction of sp³-hybridized carbons (Fsp3) is 0.381. The van der Waals surface area contributed by atoms with Crippen molar-refractivity contribution in [2.75, 3.05) is 34.5 Å². The maximum absolute atomic E-state index is 13.1. The Morgan fingerprint density at radius 1 is 1.04 bits per heavy atom. The minimum absolute atomic E-state index is 0.0190. The number of rotatable bonds is 7. The molecule has 1 aliphatic heterocycles. The van der Waals surface area contributed by atoms with Gasteiger partial charge in [0.2, 0.25) is 0 Å². The standard InChI is InChI=1S/C21H24O6/c1-24-17-8-13(7-16(22)10-17)6-15-11-27-12-18(15)21(23)14-4-5-19(25-2)20(9-14)26-3/h4-5,7-10,15,18,22H,6,11-12H2,1-3H3/t15-,18+/m0/s1. The van der Waals surface area contributed by atoms with Gasteiger partial charge in [-0.25, -0.2) is 0 Å². The van der Waals surface area contributed by atoms with E-state index in [0.29, 0.717) is 42.4 Å². The zero-order chi connectivity index (χ0) is 19.4. The fourth-order valence-corrected chi connectivity index (χ4v) is 3.48. The quantitative estimate of drug-likeness (QED) is 0.753. The van der Waals surface area contributed by atoms with Crippen LogP contribution < -0.4 is 14.2 Å². The summed E-state index contributed by atoms with van der Waals surface area (Å²) in [5.41, 5.74) is 1.48. The van der Waals surface area contributed by atoms with E-state index in [1.165, 1.54) is 0 Å². The molecule has 0 amide bonds. The van der Waals surface area contributed by atoms with Gasteiger partial charge in [-0.3, -0.25) is 4.79 Å². The van der Waals surface area contributed by atoms with Crippen LogP contribution in [0.3, 0.4) is 0 Å². The molecule has 2 aromatic rings. The number of benzene rings is 2. The molecule has 0 bridgehead atoms. The van der Waals surface area contributed by atoms with Crippen molar-refractivity contribution >= 4 is 5.78 Å². The highest BCUT2D eigenvalue weighted by Gasteiger charge is 2.35. The van der Waals surface area contributed by atoms with E-state index in [2.05, 4.69) is 0 Å². The zero-order valence-electron chi connectivity index (χ0n) is 15.7. The maximum Gasteiger partial charge on any atom is 0.168 e. The first-order valence-corrected chi connectivity index (χ1v) is 8.76. The predicted octanol–water partition coefficient (Wildman–Crippen LogP) is 3.11. The Morgan fingerprint density at radius 2 is 1.81 bits per heavy atom. The van der Waals surface area contributed by atoms with Gasteiger partial charge in [-0.2, -0.15) is 0 Å². The Balaban J connectivity index is 1.80. The van der Waals surface area contributed by atoms with Crippen LogP contribution in [0.1, 0.15) is 15.9 Å². The van der Waals surface area contributed by atoms with Gasteiger partial charge in [0.25, 0.3) is 0 Å². The Morgan fingerprint density at radius 3 is 2.52 bits per heavy atom. The lowest BCUT2D eigenvalue weighted by molar-refractivity contribution is 0.0884. The average Bonchev–Trinajstić information content (AvgIpc) is 3.14. The molecule has 6 heteroatoms. The van der Waals surface area contributed by atoms with Crippen LogP contribution in [-0.2, 0) is 11.2 Å². The van der Waals surface area contributed by atoms with Crippen molar-refractivity contribution in [2.45, 2.75) is 6.42 Å². The minimum Gasteiger partial charge on any atom is -0.508 e. The summed E-state index contributed by atoms with van der Waals surface area (Å²) in [4.78, 5) is 13.1. The highest BCUT2D eigenvalue weighted by Crippen LogP contribution is 2.33. The van der Waals surface area contributed by atoms with Gasteiger partial charge >= 0.3 is 0 Å².